The van der Waals surface area contributed by atoms with Crippen LogP contribution in [-0.4, -0.2) is 22.2 Å². The maximum atomic E-state index is 11.3. The van der Waals surface area contributed by atoms with Gasteiger partial charge in [0.2, 0.25) is 0 Å². The Kier molecular flexibility index (Phi) is 13.5. The summed E-state index contributed by atoms with van der Waals surface area (Å²) in [6, 6.07) is 0. The normalized spacial score (nSPS) is 12.9. The molecule has 0 fully saturated rings. The second kappa shape index (κ2) is 14.1. The summed E-state index contributed by atoms with van der Waals surface area (Å²) in [4.78, 5) is 22.5. The first-order valence-electron chi connectivity index (χ1n) is 10.3. The Labute approximate surface area is 154 Å². The van der Waals surface area contributed by atoms with E-state index in [0.29, 0.717) is 6.42 Å². The van der Waals surface area contributed by atoms with Gasteiger partial charge in [-0.05, 0) is 19.3 Å². The first-order chi connectivity index (χ1) is 11.9. The molecule has 4 heteroatoms. The first-order valence-corrected chi connectivity index (χ1v) is 10.3. The minimum absolute atomic E-state index is 0.352. The molecule has 0 saturated heterocycles. The van der Waals surface area contributed by atoms with Crippen LogP contribution in [0.3, 0.4) is 0 Å². The van der Waals surface area contributed by atoms with Crippen LogP contribution in [0.4, 0.5) is 0 Å². The van der Waals surface area contributed by atoms with Crippen LogP contribution in [0.25, 0.3) is 0 Å². The van der Waals surface area contributed by atoms with Gasteiger partial charge in [0.05, 0.1) is 0 Å². The molecule has 0 aliphatic rings. The number of rotatable bonds is 17. The number of carboxylic acid groups (broad SMARTS) is 2. The van der Waals surface area contributed by atoms with E-state index in [1.54, 1.807) is 6.92 Å². The molecule has 1 atom stereocenters. The lowest BCUT2D eigenvalue weighted by Gasteiger charge is -2.27. The molecule has 0 aromatic rings. The molecule has 0 amide bonds. The van der Waals surface area contributed by atoms with Crippen molar-refractivity contribution in [3.8, 4) is 0 Å². The van der Waals surface area contributed by atoms with Crippen molar-refractivity contribution < 1.29 is 19.8 Å². The van der Waals surface area contributed by atoms with Crippen molar-refractivity contribution in [2.45, 2.75) is 111 Å². The summed E-state index contributed by atoms with van der Waals surface area (Å²) >= 11 is 0. The van der Waals surface area contributed by atoms with Crippen molar-refractivity contribution in [3.63, 3.8) is 0 Å². The van der Waals surface area contributed by atoms with Crippen LogP contribution in [0.15, 0.2) is 0 Å². The summed E-state index contributed by atoms with van der Waals surface area (Å²) in [5, 5.41) is 18.4. The van der Waals surface area contributed by atoms with Gasteiger partial charge in [-0.3, -0.25) is 9.59 Å². The summed E-state index contributed by atoms with van der Waals surface area (Å²) in [5.74, 6) is -2.82. The summed E-state index contributed by atoms with van der Waals surface area (Å²) < 4.78 is 0. The summed E-state index contributed by atoms with van der Waals surface area (Å²) in [6.45, 7) is 5.31. The van der Waals surface area contributed by atoms with E-state index in [2.05, 4.69) is 6.92 Å². The van der Waals surface area contributed by atoms with E-state index in [9.17, 15) is 19.8 Å². The van der Waals surface area contributed by atoms with E-state index in [1.807, 2.05) is 0 Å². The molecule has 2 N–H and O–H groups in total. The minimum atomic E-state index is -1.67. The Balaban J connectivity index is 3.58. The molecule has 0 aromatic heterocycles. The Bertz CT molecular complexity index is 351. The fourth-order valence-electron chi connectivity index (χ4n) is 3.27. The molecule has 0 radical (unpaired) electrons. The number of carbonyl (C=O) groups is 2. The van der Waals surface area contributed by atoms with Gasteiger partial charge in [0.15, 0.2) is 5.41 Å². The molecule has 0 aliphatic heterocycles. The van der Waals surface area contributed by atoms with E-state index < -0.39 is 17.4 Å². The Morgan fingerprint density at radius 3 is 1.36 bits per heavy atom. The van der Waals surface area contributed by atoms with Gasteiger partial charge in [0.1, 0.15) is 0 Å². The molecular weight excluding hydrogens is 316 g/mol. The number of unbranched alkanes of at least 4 members (excludes halogenated alkanes) is 12. The SMILES string of the molecule is CCCCCCCCCCCCCCCC(C)C(C)(C(=O)O)C(=O)O. The van der Waals surface area contributed by atoms with E-state index in [-0.39, 0.29) is 5.92 Å². The molecule has 0 aromatic carbocycles. The number of hydrogen-bond acceptors (Lipinski definition) is 2. The Morgan fingerprint density at radius 1 is 0.720 bits per heavy atom. The minimum Gasteiger partial charge on any atom is -0.480 e. The molecule has 0 bridgehead atoms. The third-order valence-electron chi connectivity index (χ3n) is 5.61. The van der Waals surface area contributed by atoms with Crippen LogP contribution in [0.2, 0.25) is 0 Å². The summed E-state index contributed by atoms with van der Waals surface area (Å²) in [5.41, 5.74) is -1.67. The van der Waals surface area contributed by atoms with Gasteiger partial charge in [-0.1, -0.05) is 97.3 Å². The van der Waals surface area contributed by atoms with Gasteiger partial charge in [0, 0.05) is 0 Å². The molecule has 1 unspecified atom stereocenters. The van der Waals surface area contributed by atoms with Crippen LogP contribution in [0, 0.1) is 11.3 Å². The second-order valence-corrected chi connectivity index (χ2v) is 7.75. The maximum Gasteiger partial charge on any atom is 0.321 e. The monoisotopic (exact) mass is 356 g/mol. The summed E-state index contributed by atoms with van der Waals surface area (Å²) in [6.07, 6.45) is 17.2. The van der Waals surface area contributed by atoms with Crippen LogP contribution in [0.1, 0.15) is 111 Å². The van der Waals surface area contributed by atoms with Crippen molar-refractivity contribution in [1.29, 1.82) is 0 Å². The Hall–Kier alpha value is -1.06. The number of hydrogen-bond donors (Lipinski definition) is 2. The fourth-order valence-corrected chi connectivity index (χ4v) is 3.27. The smallest absolute Gasteiger partial charge is 0.321 e. The van der Waals surface area contributed by atoms with Crippen LogP contribution < -0.4 is 0 Å². The van der Waals surface area contributed by atoms with E-state index in [1.165, 1.54) is 77.6 Å². The quantitative estimate of drug-likeness (QED) is 0.237. The maximum absolute atomic E-state index is 11.3. The molecule has 0 rings (SSSR count). The van der Waals surface area contributed by atoms with Gasteiger partial charge in [-0.2, -0.15) is 0 Å². The third kappa shape index (κ3) is 9.86. The zero-order chi connectivity index (χ0) is 19.1. The van der Waals surface area contributed by atoms with Gasteiger partial charge in [0.25, 0.3) is 0 Å². The van der Waals surface area contributed by atoms with Gasteiger partial charge in [-0.15, -0.1) is 0 Å². The van der Waals surface area contributed by atoms with Crippen molar-refractivity contribution in [2.75, 3.05) is 0 Å². The highest BCUT2D eigenvalue weighted by molar-refractivity contribution is 5.98. The average Bonchev–Trinajstić information content (AvgIpc) is 2.57. The third-order valence-corrected chi connectivity index (χ3v) is 5.61. The molecule has 4 nitrogen and oxygen atoms in total. The lowest BCUT2D eigenvalue weighted by atomic mass is 9.75. The van der Waals surface area contributed by atoms with E-state index in [4.69, 9.17) is 0 Å². The Morgan fingerprint density at radius 2 is 1.04 bits per heavy atom. The molecule has 148 valence electrons. The molecule has 0 saturated carbocycles. The van der Waals surface area contributed by atoms with Crippen molar-refractivity contribution >= 4 is 11.9 Å². The highest BCUT2D eigenvalue weighted by Gasteiger charge is 2.46. The average molecular weight is 357 g/mol. The van der Waals surface area contributed by atoms with Crippen molar-refractivity contribution in [3.05, 3.63) is 0 Å². The summed E-state index contributed by atoms with van der Waals surface area (Å²) in [7, 11) is 0. The predicted octanol–water partition coefficient (Wildman–Crippen LogP) is 6.28. The lowest BCUT2D eigenvalue weighted by Crippen LogP contribution is -2.42. The van der Waals surface area contributed by atoms with Crippen molar-refractivity contribution in [2.24, 2.45) is 11.3 Å². The predicted molar refractivity (Wildman–Crippen MR) is 103 cm³/mol. The molecule has 0 spiro atoms. The van der Waals surface area contributed by atoms with Crippen molar-refractivity contribution in [1.82, 2.24) is 0 Å². The highest BCUT2D eigenvalue weighted by Crippen LogP contribution is 2.32. The topological polar surface area (TPSA) is 74.6 Å². The standard InChI is InChI=1S/C21H40O4/c1-4-5-6-7-8-9-10-11-12-13-14-15-16-17-18(2)21(3,19(22)23)20(24)25/h18H,4-17H2,1-3H3,(H,22,23)(H,24,25). The van der Waals surface area contributed by atoms with Gasteiger partial charge >= 0.3 is 11.9 Å². The molecular formula is C21H40O4. The molecule has 0 heterocycles. The highest BCUT2D eigenvalue weighted by atomic mass is 16.4. The number of aliphatic carboxylic acids is 2. The number of carboxylic acids is 2. The molecule has 0 aliphatic carbocycles. The van der Waals surface area contributed by atoms with E-state index in [0.717, 1.165) is 12.8 Å². The van der Waals surface area contributed by atoms with Crippen LogP contribution >= 0.6 is 0 Å². The van der Waals surface area contributed by atoms with Crippen LogP contribution in [-0.2, 0) is 9.59 Å². The van der Waals surface area contributed by atoms with Crippen LogP contribution in [0.5, 0.6) is 0 Å². The van der Waals surface area contributed by atoms with E-state index >= 15 is 0 Å². The lowest BCUT2D eigenvalue weighted by molar-refractivity contribution is -0.167. The fraction of sp³-hybridized carbons (Fsp3) is 0.905. The zero-order valence-electron chi connectivity index (χ0n) is 16.7. The zero-order valence-corrected chi connectivity index (χ0v) is 16.7. The second-order valence-electron chi connectivity index (χ2n) is 7.75. The molecule has 25 heavy (non-hydrogen) atoms. The van der Waals surface area contributed by atoms with Gasteiger partial charge < -0.3 is 10.2 Å². The largest absolute Gasteiger partial charge is 0.480 e. The van der Waals surface area contributed by atoms with Gasteiger partial charge in [-0.25, -0.2) is 0 Å². The first kappa shape index (κ1) is 23.9.